The first-order chi connectivity index (χ1) is 4.57. The van der Waals surface area contributed by atoms with Crippen LogP contribution in [-0.2, 0) is 4.79 Å². The Balaban J connectivity index is 3.73. The molecule has 0 aliphatic carbocycles. The van der Waals surface area contributed by atoms with Crippen molar-refractivity contribution in [2.75, 3.05) is 6.54 Å². The lowest BCUT2D eigenvalue weighted by Crippen LogP contribution is -2.20. The average molecular weight is 141 g/mol. The monoisotopic (exact) mass is 141 g/mol. The highest BCUT2D eigenvalue weighted by Crippen LogP contribution is 2.03. The molecule has 58 valence electrons. The van der Waals surface area contributed by atoms with Gasteiger partial charge >= 0.3 is 0 Å². The topological polar surface area (TPSA) is 43.1 Å². The Kier molecular flexibility index (Phi) is 3.96. The van der Waals surface area contributed by atoms with Crippen LogP contribution in [0.2, 0.25) is 0 Å². The van der Waals surface area contributed by atoms with Crippen LogP contribution >= 0.6 is 0 Å². The maximum absolute atomic E-state index is 11.0. The molecular weight excluding hydrogens is 126 g/mol. The zero-order valence-corrected chi connectivity index (χ0v) is 6.68. The lowest BCUT2D eigenvalue weighted by molar-refractivity contribution is -0.121. The van der Waals surface area contributed by atoms with E-state index in [1.807, 2.05) is 13.8 Å². The molecule has 0 spiro atoms. The summed E-state index contributed by atoms with van der Waals surface area (Å²) in [4.78, 5) is 11.0. The van der Waals surface area contributed by atoms with E-state index in [1.54, 1.807) is 0 Å². The molecule has 0 saturated heterocycles. The van der Waals surface area contributed by atoms with E-state index < -0.39 is 0 Å². The molecule has 0 radical (unpaired) electrons. The SMILES string of the molecule is C=C(C)CC(=O)C(C)CN. The minimum absolute atomic E-state index is 0.0169. The summed E-state index contributed by atoms with van der Waals surface area (Å²) in [7, 11) is 0. The van der Waals surface area contributed by atoms with Crippen LogP contribution in [0.4, 0.5) is 0 Å². The van der Waals surface area contributed by atoms with Crippen molar-refractivity contribution in [3.05, 3.63) is 12.2 Å². The van der Waals surface area contributed by atoms with Gasteiger partial charge in [-0.15, -0.1) is 0 Å². The van der Waals surface area contributed by atoms with Gasteiger partial charge in [0, 0.05) is 18.9 Å². The number of ketones is 1. The van der Waals surface area contributed by atoms with Gasteiger partial charge in [-0.2, -0.15) is 0 Å². The Bertz CT molecular complexity index is 140. The van der Waals surface area contributed by atoms with Crippen molar-refractivity contribution >= 4 is 5.78 Å². The number of carbonyl (C=O) groups excluding carboxylic acids is 1. The molecule has 0 heterocycles. The summed E-state index contributed by atoms with van der Waals surface area (Å²) in [6.07, 6.45) is 0.471. The van der Waals surface area contributed by atoms with Crippen LogP contribution < -0.4 is 5.73 Å². The number of hydrogen-bond donors (Lipinski definition) is 1. The molecule has 0 saturated carbocycles. The van der Waals surface area contributed by atoms with E-state index >= 15 is 0 Å². The van der Waals surface area contributed by atoms with Crippen molar-refractivity contribution in [1.29, 1.82) is 0 Å². The Hall–Kier alpha value is -0.630. The number of nitrogens with two attached hydrogens (primary N) is 1. The van der Waals surface area contributed by atoms with Crippen molar-refractivity contribution in [1.82, 2.24) is 0 Å². The van der Waals surface area contributed by atoms with E-state index in [4.69, 9.17) is 5.73 Å². The minimum atomic E-state index is -0.0169. The van der Waals surface area contributed by atoms with Crippen LogP contribution in [0.1, 0.15) is 20.3 Å². The van der Waals surface area contributed by atoms with Crippen LogP contribution in [0.3, 0.4) is 0 Å². The highest BCUT2D eigenvalue weighted by Gasteiger charge is 2.09. The lowest BCUT2D eigenvalue weighted by Gasteiger charge is -2.05. The second-order valence-electron chi connectivity index (χ2n) is 2.74. The van der Waals surface area contributed by atoms with Crippen molar-refractivity contribution in [3.63, 3.8) is 0 Å². The van der Waals surface area contributed by atoms with Crippen molar-refractivity contribution < 1.29 is 4.79 Å². The van der Waals surface area contributed by atoms with E-state index in [-0.39, 0.29) is 11.7 Å². The Morgan fingerprint density at radius 2 is 2.20 bits per heavy atom. The summed E-state index contributed by atoms with van der Waals surface area (Å²) >= 11 is 0. The Morgan fingerprint density at radius 3 is 2.50 bits per heavy atom. The molecule has 0 aromatic heterocycles. The van der Waals surface area contributed by atoms with Crippen LogP contribution in [0.15, 0.2) is 12.2 Å². The van der Waals surface area contributed by atoms with E-state index in [1.165, 1.54) is 0 Å². The van der Waals surface area contributed by atoms with Gasteiger partial charge in [-0.05, 0) is 6.92 Å². The molecule has 0 bridgehead atoms. The zero-order valence-electron chi connectivity index (χ0n) is 6.68. The van der Waals surface area contributed by atoms with E-state index in [9.17, 15) is 4.79 Å². The van der Waals surface area contributed by atoms with Gasteiger partial charge in [0.05, 0.1) is 0 Å². The molecule has 1 unspecified atom stereocenters. The van der Waals surface area contributed by atoms with E-state index in [0.717, 1.165) is 5.57 Å². The molecule has 2 nitrogen and oxygen atoms in total. The van der Waals surface area contributed by atoms with Gasteiger partial charge in [-0.1, -0.05) is 19.1 Å². The molecule has 0 fully saturated rings. The third-order valence-electron chi connectivity index (χ3n) is 1.38. The van der Waals surface area contributed by atoms with Crippen molar-refractivity contribution in [2.45, 2.75) is 20.3 Å². The van der Waals surface area contributed by atoms with Gasteiger partial charge in [0.1, 0.15) is 5.78 Å². The summed E-state index contributed by atoms with van der Waals surface area (Å²) < 4.78 is 0. The number of allylic oxidation sites excluding steroid dienone is 1. The number of Topliss-reactive ketones (excluding diaryl/α,β-unsaturated/α-hetero) is 1. The predicted molar refractivity (Wildman–Crippen MR) is 42.7 cm³/mol. The summed E-state index contributed by atoms with van der Waals surface area (Å²) in [6, 6.07) is 0. The van der Waals surface area contributed by atoms with Gasteiger partial charge in [0.25, 0.3) is 0 Å². The van der Waals surface area contributed by atoms with Crippen LogP contribution in [0, 0.1) is 5.92 Å². The molecule has 0 amide bonds. The maximum atomic E-state index is 11.0. The molecular formula is C8H15NO. The van der Waals surface area contributed by atoms with Gasteiger partial charge in [-0.25, -0.2) is 0 Å². The zero-order chi connectivity index (χ0) is 8.15. The van der Waals surface area contributed by atoms with E-state index in [0.29, 0.717) is 13.0 Å². The molecule has 10 heavy (non-hydrogen) atoms. The first-order valence-electron chi connectivity index (χ1n) is 3.45. The second-order valence-corrected chi connectivity index (χ2v) is 2.74. The third-order valence-corrected chi connectivity index (χ3v) is 1.38. The molecule has 0 aliphatic rings. The molecule has 2 N–H and O–H groups in total. The highest BCUT2D eigenvalue weighted by molar-refractivity contribution is 5.82. The summed E-state index contributed by atoms with van der Waals surface area (Å²) in [5.74, 6) is 0.173. The lowest BCUT2D eigenvalue weighted by atomic mass is 10.0. The highest BCUT2D eigenvalue weighted by atomic mass is 16.1. The number of rotatable bonds is 4. The van der Waals surface area contributed by atoms with E-state index in [2.05, 4.69) is 6.58 Å². The summed E-state index contributed by atoms with van der Waals surface area (Å²) in [5, 5.41) is 0. The van der Waals surface area contributed by atoms with Crippen LogP contribution in [-0.4, -0.2) is 12.3 Å². The fraction of sp³-hybridized carbons (Fsp3) is 0.625. The standard InChI is InChI=1S/C8H15NO/c1-6(2)4-8(10)7(3)5-9/h7H,1,4-5,9H2,2-3H3. The van der Waals surface area contributed by atoms with Crippen molar-refractivity contribution in [3.8, 4) is 0 Å². The maximum Gasteiger partial charge on any atom is 0.140 e. The quantitative estimate of drug-likeness (QED) is 0.596. The van der Waals surface area contributed by atoms with Crippen LogP contribution in [0.5, 0.6) is 0 Å². The number of hydrogen-bond acceptors (Lipinski definition) is 2. The molecule has 1 atom stereocenters. The van der Waals surface area contributed by atoms with Gasteiger partial charge in [0.2, 0.25) is 0 Å². The largest absolute Gasteiger partial charge is 0.330 e. The third kappa shape index (κ3) is 3.41. The van der Waals surface area contributed by atoms with Crippen molar-refractivity contribution in [2.24, 2.45) is 11.7 Å². The van der Waals surface area contributed by atoms with Crippen LogP contribution in [0.25, 0.3) is 0 Å². The molecule has 0 aromatic carbocycles. The minimum Gasteiger partial charge on any atom is -0.330 e. The molecule has 0 aromatic rings. The number of carbonyl (C=O) groups is 1. The first-order valence-corrected chi connectivity index (χ1v) is 3.45. The average Bonchev–Trinajstić information content (AvgIpc) is 1.85. The normalized spacial score (nSPS) is 12.7. The smallest absolute Gasteiger partial charge is 0.140 e. The van der Waals surface area contributed by atoms with Gasteiger partial charge < -0.3 is 5.73 Å². The molecule has 0 rings (SSSR count). The first kappa shape index (κ1) is 9.37. The molecule has 2 heteroatoms. The second kappa shape index (κ2) is 4.23. The Labute approximate surface area is 62.1 Å². The summed E-state index contributed by atoms with van der Waals surface area (Å²) in [6.45, 7) is 7.77. The van der Waals surface area contributed by atoms with Gasteiger partial charge in [-0.3, -0.25) is 4.79 Å². The fourth-order valence-corrected chi connectivity index (χ4v) is 0.603. The summed E-state index contributed by atoms with van der Waals surface area (Å²) in [5.41, 5.74) is 6.21. The fourth-order valence-electron chi connectivity index (χ4n) is 0.603. The van der Waals surface area contributed by atoms with Gasteiger partial charge in [0.15, 0.2) is 0 Å². The predicted octanol–water partition coefficient (Wildman–Crippen LogP) is 1.12. The Morgan fingerprint density at radius 1 is 1.70 bits per heavy atom. The molecule has 0 aliphatic heterocycles.